The van der Waals surface area contributed by atoms with Gasteiger partial charge in [-0.3, -0.25) is 14.1 Å². The van der Waals surface area contributed by atoms with Crippen LogP contribution in [0.4, 0.5) is 0 Å². The SMILES string of the molecule is COc1ccc(C(=O)NC2=CC=CC=C(c3cn4cc(CN5CCNCC5)sc4n3)C2)cc1OC. The summed E-state index contributed by atoms with van der Waals surface area (Å²) in [6.45, 7) is 5.22. The zero-order valence-corrected chi connectivity index (χ0v) is 20.7. The number of allylic oxidation sites excluding steroid dienone is 5. The van der Waals surface area contributed by atoms with Crippen molar-refractivity contribution in [3.05, 3.63) is 76.7 Å². The second-order valence-electron chi connectivity index (χ2n) is 8.51. The van der Waals surface area contributed by atoms with Gasteiger partial charge in [0.25, 0.3) is 5.91 Å². The Morgan fingerprint density at radius 3 is 2.69 bits per heavy atom. The number of aromatic nitrogens is 2. The fraction of sp³-hybridized carbons (Fsp3) is 0.308. The van der Waals surface area contributed by atoms with Gasteiger partial charge in [0.1, 0.15) is 0 Å². The Morgan fingerprint density at radius 1 is 1.11 bits per heavy atom. The van der Waals surface area contributed by atoms with E-state index in [1.54, 1.807) is 43.8 Å². The maximum atomic E-state index is 12.9. The average Bonchev–Trinajstić information content (AvgIpc) is 3.35. The lowest BCUT2D eigenvalue weighted by atomic mass is 10.1. The largest absolute Gasteiger partial charge is 0.493 e. The number of methoxy groups -OCH3 is 2. The minimum absolute atomic E-state index is 0.199. The summed E-state index contributed by atoms with van der Waals surface area (Å²) >= 11 is 1.73. The topological polar surface area (TPSA) is 80.1 Å². The third-order valence-electron chi connectivity index (χ3n) is 6.13. The Labute approximate surface area is 208 Å². The third kappa shape index (κ3) is 5.32. The van der Waals surface area contributed by atoms with Gasteiger partial charge in [-0.25, -0.2) is 4.98 Å². The summed E-state index contributed by atoms with van der Waals surface area (Å²) in [6, 6.07) is 5.14. The molecule has 0 spiro atoms. The Bertz CT molecular complexity index is 1280. The van der Waals surface area contributed by atoms with Crippen LogP contribution in [0.2, 0.25) is 0 Å². The molecule has 5 rings (SSSR count). The van der Waals surface area contributed by atoms with Gasteiger partial charge in [0, 0.05) is 67.7 Å². The molecule has 0 saturated carbocycles. The lowest BCUT2D eigenvalue weighted by molar-refractivity contribution is 0.0965. The van der Waals surface area contributed by atoms with E-state index in [2.05, 4.69) is 38.4 Å². The van der Waals surface area contributed by atoms with Crippen molar-refractivity contribution in [1.29, 1.82) is 0 Å². The highest BCUT2D eigenvalue weighted by molar-refractivity contribution is 7.17. The van der Waals surface area contributed by atoms with Gasteiger partial charge in [-0.05, 0) is 29.8 Å². The summed E-state index contributed by atoms with van der Waals surface area (Å²) in [5, 5.41) is 6.43. The van der Waals surface area contributed by atoms with Crippen LogP contribution in [0.25, 0.3) is 10.5 Å². The van der Waals surface area contributed by atoms with Gasteiger partial charge in [-0.2, -0.15) is 0 Å². The number of ether oxygens (including phenoxy) is 2. The first-order chi connectivity index (χ1) is 17.1. The highest BCUT2D eigenvalue weighted by atomic mass is 32.1. The minimum Gasteiger partial charge on any atom is -0.493 e. The van der Waals surface area contributed by atoms with Crippen LogP contribution in [0.5, 0.6) is 11.5 Å². The van der Waals surface area contributed by atoms with Crippen molar-refractivity contribution in [2.24, 2.45) is 0 Å². The molecule has 35 heavy (non-hydrogen) atoms. The number of imidazole rings is 1. The maximum absolute atomic E-state index is 12.9. The first kappa shape index (κ1) is 23.3. The van der Waals surface area contributed by atoms with E-state index in [0.29, 0.717) is 23.5 Å². The molecule has 1 aliphatic heterocycles. The summed E-state index contributed by atoms with van der Waals surface area (Å²) in [5.74, 6) is 0.904. The van der Waals surface area contributed by atoms with Crippen molar-refractivity contribution in [2.45, 2.75) is 13.0 Å². The normalized spacial score (nSPS) is 16.5. The van der Waals surface area contributed by atoms with Crippen molar-refractivity contribution in [3.63, 3.8) is 0 Å². The Morgan fingerprint density at radius 2 is 1.91 bits per heavy atom. The quantitative estimate of drug-likeness (QED) is 0.527. The monoisotopic (exact) mass is 491 g/mol. The van der Waals surface area contributed by atoms with Crippen molar-refractivity contribution < 1.29 is 14.3 Å². The smallest absolute Gasteiger partial charge is 0.255 e. The Balaban J connectivity index is 1.27. The summed E-state index contributed by atoms with van der Waals surface area (Å²) in [4.78, 5) is 22.6. The van der Waals surface area contributed by atoms with E-state index in [4.69, 9.17) is 14.5 Å². The van der Waals surface area contributed by atoms with E-state index < -0.39 is 0 Å². The number of fused-ring (bicyclic) bond motifs is 1. The second-order valence-corrected chi connectivity index (χ2v) is 9.60. The zero-order valence-electron chi connectivity index (χ0n) is 19.9. The molecule has 3 aromatic rings. The van der Waals surface area contributed by atoms with Gasteiger partial charge in [-0.15, -0.1) is 0 Å². The second kappa shape index (κ2) is 10.5. The Kier molecular flexibility index (Phi) is 6.98. The van der Waals surface area contributed by atoms with Gasteiger partial charge in [0.2, 0.25) is 0 Å². The number of carbonyl (C=O) groups is 1. The molecule has 3 heterocycles. The van der Waals surface area contributed by atoms with E-state index in [1.165, 1.54) is 4.88 Å². The van der Waals surface area contributed by atoms with Crippen LogP contribution < -0.4 is 20.1 Å². The third-order valence-corrected chi connectivity index (χ3v) is 7.11. The molecule has 2 aromatic heterocycles. The molecule has 182 valence electrons. The van der Waals surface area contributed by atoms with E-state index in [9.17, 15) is 4.79 Å². The summed E-state index contributed by atoms with van der Waals surface area (Å²) in [6.07, 6.45) is 12.7. The summed E-state index contributed by atoms with van der Waals surface area (Å²) < 4.78 is 12.7. The fourth-order valence-corrected chi connectivity index (χ4v) is 5.29. The zero-order chi connectivity index (χ0) is 24.2. The highest BCUT2D eigenvalue weighted by Gasteiger charge is 2.17. The number of benzene rings is 1. The molecule has 0 radical (unpaired) electrons. The molecule has 2 aliphatic rings. The maximum Gasteiger partial charge on any atom is 0.255 e. The van der Waals surface area contributed by atoms with E-state index in [-0.39, 0.29) is 5.91 Å². The highest BCUT2D eigenvalue weighted by Crippen LogP contribution is 2.29. The first-order valence-electron chi connectivity index (χ1n) is 11.6. The van der Waals surface area contributed by atoms with Gasteiger partial charge in [0.05, 0.1) is 19.9 Å². The predicted molar refractivity (Wildman–Crippen MR) is 138 cm³/mol. The molecule has 8 nitrogen and oxygen atoms in total. The minimum atomic E-state index is -0.199. The van der Waals surface area contributed by atoms with Crippen molar-refractivity contribution in [1.82, 2.24) is 24.9 Å². The first-order valence-corrected chi connectivity index (χ1v) is 12.5. The number of piperazine rings is 1. The number of carbonyl (C=O) groups excluding carboxylic acids is 1. The van der Waals surface area contributed by atoms with Crippen LogP contribution in [-0.4, -0.2) is 60.6 Å². The van der Waals surface area contributed by atoms with Crippen LogP contribution in [0.1, 0.15) is 27.3 Å². The molecule has 1 saturated heterocycles. The molecule has 1 fully saturated rings. The van der Waals surface area contributed by atoms with Crippen LogP contribution in [0.3, 0.4) is 0 Å². The van der Waals surface area contributed by atoms with E-state index in [0.717, 1.165) is 54.6 Å². The molecule has 1 amide bonds. The number of rotatable bonds is 7. The number of nitrogens with one attached hydrogen (secondary N) is 2. The summed E-state index contributed by atoms with van der Waals surface area (Å²) in [7, 11) is 3.13. The number of thiazole rings is 1. The number of nitrogens with zero attached hydrogens (tertiary/aromatic N) is 3. The van der Waals surface area contributed by atoms with Crippen molar-refractivity contribution in [3.8, 4) is 11.5 Å². The average molecular weight is 492 g/mol. The molecule has 0 unspecified atom stereocenters. The molecule has 1 aromatic carbocycles. The molecule has 2 N–H and O–H groups in total. The van der Waals surface area contributed by atoms with Gasteiger partial charge in [0.15, 0.2) is 16.5 Å². The molecule has 0 bridgehead atoms. The number of hydrogen-bond acceptors (Lipinski definition) is 7. The van der Waals surface area contributed by atoms with Crippen LogP contribution in [-0.2, 0) is 6.54 Å². The van der Waals surface area contributed by atoms with Gasteiger partial charge in [-0.1, -0.05) is 29.6 Å². The lowest BCUT2D eigenvalue weighted by Gasteiger charge is -2.26. The molecule has 0 atom stereocenters. The van der Waals surface area contributed by atoms with Crippen LogP contribution in [0.15, 0.2) is 60.6 Å². The van der Waals surface area contributed by atoms with Crippen molar-refractivity contribution in [2.75, 3.05) is 40.4 Å². The van der Waals surface area contributed by atoms with E-state index >= 15 is 0 Å². The molecular formula is C26H29N5O3S. The predicted octanol–water partition coefficient (Wildman–Crippen LogP) is 3.48. The standard InChI is InChI=1S/C26H29N5O3S/c1-33-23-8-7-19(14-24(23)34-2)25(32)28-20-6-4-3-5-18(13-20)22-17-31-16-21(35-26(31)29-22)15-30-11-9-27-10-12-30/h3-8,14,16-17,27H,9-13,15H2,1-2H3,(H,28,32). The summed E-state index contributed by atoms with van der Waals surface area (Å²) in [5.41, 5.74) is 3.28. The van der Waals surface area contributed by atoms with Gasteiger partial charge >= 0.3 is 0 Å². The number of hydrogen-bond donors (Lipinski definition) is 2. The lowest BCUT2D eigenvalue weighted by Crippen LogP contribution is -2.42. The molecular weight excluding hydrogens is 462 g/mol. The Hall–Kier alpha value is -3.40. The fourth-order valence-electron chi connectivity index (χ4n) is 4.28. The molecule has 9 heteroatoms. The number of amides is 1. The van der Waals surface area contributed by atoms with Crippen molar-refractivity contribution >= 4 is 27.8 Å². The van der Waals surface area contributed by atoms with Gasteiger partial charge < -0.3 is 20.1 Å². The van der Waals surface area contributed by atoms with E-state index in [1.807, 2.05) is 18.2 Å². The van der Waals surface area contributed by atoms with Crippen LogP contribution in [0, 0.1) is 0 Å². The van der Waals surface area contributed by atoms with Crippen LogP contribution >= 0.6 is 11.3 Å². The molecule has 1 aliphatic carbocycles.